The van der Waals surface area contributed by atoms with E-state index in [1.54, 1.807) is 24.3 Å². The maximum Gasteiger partial charge on any atom is 0.164 e. The molecule has 29 aromatic rings. The molecular formula is C129H82N14O. The van der Waals surface area contributed by atoms with Gasteiger partial charge in [0.25, 0.3) is 0 Å². The highest BCUT2D eigenvalue weighted by Crippen LogP contribution is 2.46. The first-order valence-corrected chi connectivity index (χ1v) is 45.8. The van der Waals surface area contributed by atoms with E-state index in [0.717, 1.165) is 148 Å². The standard InChI is InChI=1S/2C45H29N5.C39H24N4O/c1-4-15-30(16-5-1)43-46-44(31-17-6-2-7-18-31)48-45(47-43)32-19-14-22-34(27-32)50-40-26-13-11-24-36(40)38-28-41-37(29-42(38)50)35-23-10-12-25-39(35)49(41)33-20-8-3-9-21-33;1-4-15-30(16-5-1)43-46-44(31-17-6-2-7-18-31)48-45(47-43)32-19-14-22-34(27-32)50-40-26-13-11-24-36(40)38-28-37-35-23-10-12-25-39(35)49(41(37)29-42(38)50)33-20-8-3-9-21-33;1-3-12-25(13-4-1)37-40-38(26-14-5-2-6-15-26)42-39(41-37)27-16-11-17-28(22-27)43-33-20-9-7-18-29(33)31-23-32-30-19-8-10-21-35(30)44-36(32)24-34(31)43/h2*1-29H;1-24H/i2*1D,2D,4D,5D,6D,7D,15D,16D,17D,18D;1D,2D,3D,4D,5D,6D,12D,13D,14D,15D. The van der Waals surface area contributed by atoms with Gasteiger partial charge in [-0.3, -0.25) is 0 Å². The van der Waals surface area contributed by atoms with Gasteiger partial charge in [-0.15, -0.1) is 0 Å². The summed E-state index contributed by atoms with van der Waals surface area (Å²) in [5.41, 5.74) is 14.8. The summed E-state index contributed by atoms with van der Waals surface area (Å²) in [6, 6.07) is 86.5. The number of nitrogens with zero attached hydrogens (tertiary/aromatic N) is 14. The van der Waals surface area contributed by atoms with E-state index in [9.17, 15) is 0 Å². The lowest BCUT2D eigenvalue weighted by Gasteiger charge is -2.12. The fourth-order valence-corrected chi connectivity index (χ4v) is 19.3. The van der Waals surface area contributed by atoms with Crippen molar-refractivity contribution < 1.29 is 45.5 Å². The van der Waals surface area contributed by atoms with Crippen molar-refractivity contribution in [3.63, 3.8) is 0 Å². The zero-order valence-electron chi connectivity index (χ0n) is 105. The molecule has 0 saturated carbocycles. The van der Waals surface area contributed by atoms with Crippen LogP contribution in [0.25, 0.3) is 262 Å². The third kappa shape index (κ3) is 14.8. The maximum absolute atomic E-state index is 8.71. The van der Waals surface area contributed by atoms with Gasteiger partial charge in [0.1, 0.15) is 11.2 Å². The molecule has 0 amide bonds. The van der Waals surface area contributed by atoms with Gasteiger partial charge in [-0.2, -0.15) is 0 Å². The van der Waals surface area contributed by atoms with Crippen molar-refractivity contribution >= 4 is 131 Å². The smallest absolute Gasteiger partial charge is 0.164 e. The van der Waals surface area contributed by atoms with E-state index in [2.05, 4.69) is 165 Å². The molecule has 0 bridgehead atoms. The Balaban J connectivity index is 0.000000123. The van der Waals surface area contributed by atoms with Crippen LogP contribution < -0.4 is 0 Å². The number of fused-ring (bicyclic) bond motifs is 18. The number of aromatic nitrogens is 14. The second-order valence-corrected chi connectivity index (χ2v) is 33.7. The Morgan fingerprint density at radius 1 is 0.146 bits per heavy atom. The van der Waals surface area contributed by atoms with Crippen LogP contribution in [0.5, 0.6) is 0 Å². The summed E-state index contributed by atoms with van der Waals surface area (Å²) in [5, 5.41) is 12.5. The number of furan rings is 1. The maximum atomic E-state index is 8.71. The summed E-state index contributed by atoms with van der Waals surface area (Å²) >= 11 is 0. The third-order valence-corrected chi connectivity index (χ3v) is 25.5. The van der Waals surface area contributed by atoms with E-state index in [1.165, 1.54) is 0 Å². The van der Waals surface area contributed by atoms with Crippen molar-refractivity contribution in [1.29, 1.82) is 0 Å². The average molecular weight is 1870 g/mol. The van der Waals surface area contributed by atoms with Crippen LogP contribution in [-0.2, 0) is 0 Å². The van der Waals surface area contributed by atoms with Crippen LogP contribution in [0.2, 0.25) is 0 Å². The van der Waals surface area contributed by atoms with Gasteiger partial charge in [0.2, 0.25) is 0 Å². The molecule has 15 nitrogen and oxygen atoms in total. The van der Waals surface area contributed by atoms with Crippen LogP contribution >= 0.6 is 0 Å². The van der Waals surface area contributed by atoms with Crippen LogP contribution in [0.4, 0.5) is 0 Å². The van der Waals surface area contributed by atoms with Gasteiger partial charge < -0.3 is 27.3 Å². The normalized spacial score (nSPS) is 14.5. The predicted molar refractivity (Wildman–Crippen MR) is 587 cm³/mol. The monoisotopic (exact) mass is 1870 g/mol. The zero-order valence-corrected chi connectivity index (χ0v) is 75.2. The van der Waals surface area contributed by atoms with Gasteiger partial charge in [-0.05, 0) is 127 Å². The molecule has 0 spiro atoms. The van der Waals surface area contributed by atoms with E-state index >= 15 is 0 Å². The Hall–Kier alpha value is -19.8. The van der Waals surface area contributed by atoms with Gasteiger partial charge in [0.15, 0.2) is 52.4 Å². The SMILES string of the molecule is [2H]c1c([2H])c([2H])c(-c2nc(-c3cccc(-n4c5ccccc5c5cc6c(cc54)c4ccccc4n6-c4ccccc4)c3)nc(-c3c([2H])c([2H])c([2H])c([2H])c3[2H])n2)c([2H])c1[2H].[2H]c1c([2H])c([2H])c(-c2nc(-c3cccc(-n4c5ccccc5c5cc6c(cc54)oc4ccccc46)c3)nc(-c3c([2H])c([2H])c([2H])c([2H])c3[2H])n2)c([2H])c1[2H].[2H]c1c([2H])c([2H])c(-c2nc(-c3cccc(-n4c5ccccc5c5cc6c7ccccc7n(-c7ccccc7)c6cc54)c3)nc(-c3c([2H])c([2H])c([2H])c([2H])c3[2H])n2)c([2H])c1[2H]. The van der Waals surface area contributed by atoms with Crippen molar-refractivity contribution in [3.8, 4) is 131 Å². The molecule has 9 aromatic heterocycles. The highest BCUT2D eigenvalue weighted by molar-refractivity contribution is 6.22. The van der Waals surface area contributed by atoms with Gasteiger partial charge in [-0.1, -0.05) is 363 Å². The van der Waals surface area contributed by atoms with Crippen molar-refractivity contribution in [2.75, 3.05) is 0 Å². The van der Waals surface area contributed by atoms with E-state index < -0.39 is 181 Å². The molecule has 0 aliphatic carbocycles. The molecule has 0 aliphatic heterocycles. The van der Waals surface area contributed by atoms with Crippen molar-refractivity contribution in [2.24, 2.45) is 0 Å². The fraction of sp³-hybridized carbons (Fsp3) is 0. The van der Waals surface area contributed by atoms with Crippen molar-refractivity contribution in [2.45, 2.75) is 0 Å². The van der Waals surface area contributed by atoms with Crippen LogP contribution in [0.1, 0.15) is 41.1 Å². The topological polar surface area (TPSA) is 154 Å². The summed E-state index contributed by atoms with van der Waals surface area (Å²) < 4.78 is 270. The molecule has 29 rings (SSSR count). The molecule has 20 aromatic carbocycles. The molecule has 0 saturated heterocycles. The minimum Gasteiger partial charge on any atom is -0.456 e. The fourth-order valence-electron chi connectivity index (χ4n) is 19.3. The lowest BCUT2D eigenvalue weighted by atomic mass is 10.1. The van der Waals surface area contributed by atoms with Crippen LogP contribution in [0, 0.1) is 0 Å². The van der Waals surface area contributed by atoms with E-state index in [1.807, 2.05) is 194 Å². The van der Waals surface area contributed by atoms with Crippen molar-refractivity contribution in [1.82, 2.24) is 67.7 Å². The Bertz CT molecular complexity index is 11600. The minimum atomic E-state index is -0.607. The molecular weight excluding hydrogens is 1760 g/mol. The number of hydrogen-bond acceptors (Lipinski definition) is 10. The second-order valence-electron chi connectivity index (χ2n) is 33.7. The third-order valence-electron chi connectivity index (χ3n) is 25.5. The van der Waals surface area contributed by atoms with E-state index in [4.69, 9.17) is 45.5 Å². The molecule has 0 N–H and O–H groups in total. The highest BCUT2D eigenvalue weighted by Gasteiger charge is 2.26. The number of hydrogen-bond donors (Lipinski definition) is 0. The Kier molecular flexibility index (Phi) is 14.3. The van der Waals surface area contributed by atoms with Gasteiger partial charge in [0.05, 0.1) is 96.3 Å². The van der Waals surface area contributed by atoms with Crippen LogP contribution in [0.3, 0.4) is 0 Å². The predicted octanol–water partition coefficient (Wildman–Crippen LogP) is 32.0. The Morgan fingerprint density at radius 3 is 0.667 bits per heavy atom. The van der Waals surface area contributed by atoms with Gasteiger partial charge in [0, 0.05) is 149 Å². The Labute approximate surface area is 868 Å². The minimum absolute atomic E-state index is 0.00967. The first-order chi connectivity index (χ1) is 83.8. The second kappa shape index (κ2) is 35.3. The summed E-state index contributed by atoms with van der Waals surface area (Å²) in [5.74, 6) is -1.98. The van der Waals surface area contributed by atoms with Crippen LogP contribution in [-0.4, -0.2) is 67.7 Å². The largest absolute Gasteiger partial charge is 0.456 e. The highest BCUT2D eigenvalue weighted by atomic mass is 16.3. The summed E-state index contributed by atoms with van der Waals surface area (Å²) in [6.45, 7) is 0. The molecule has 0 atom stereocenters. The Morgan fingerprint density at radius 2 is 0.368 bits per heavy atom. The molecule has 674 valence electrons. The molecule has 0 fully saturated rings. The van der Waals surface area contributed by atoms with Gasteiger partial charge >= 0.3 is 0 Å². The first-order valence-electron chi connectivity index (χ1n) is 60.8. The zero-order chi connectivity index (χ0) is 121. The van der Waals surface area contributed by atoms with Crippen molar-refractivity contribution in [3.05, 3.63) is 497 Å². The quantitative estimate of drug-likeness (QED) is 0.103. The van der Waals surface area contributed by atoms with Gasteiger partial charge in [-0.25, -0.2) is 44.9 Å². The van der Waals surface area contributed by atoms with E-state index in [0.29, 0.717) is 28.0 Å². The molecule has 15 heteroatoms. The van der Waals surface area contributed by atoms with Crippen LogP contribution in [0.15, 0.2) is 501 Å². The molecule has 0 radical (unpaired) electrons. The molecule has 9 heterocycles. The number of benzene rings is 20. The molecule has 144 heavy (non-hydrogen) atoms. The average Bonchev–Trinajstić information content (AvgIpc) is 1.55. The molecule has 0 unspecified atom stereocenters. The summed E-state index contributed by atoms with van der Waals surface area (Å²) in [7, 11) is 0. The number of para-hydroxylation sites is 8. The first kappa shape index (κ1) is 58.1. The lowest BCUT2D eigenvalue weighted by molar-refractivity contribution is 0.669. The lowest BCUT2D eigenvalue weighted by Crippen LogP contribution is -2.01. The number of rotatable bonds is 14. The van der Waals surface area contributed by atoms with E-state index in [-0.39, 0.29) is 85.8 Å². The summed E-state index contributed by atoms with van der Waals surface area (Å²) in [6.07, 6.45) is 0. The molecule has 0 aliphatic rings. The summed E-state index contributed by atoms with van der Waals surface area (Å²) in [4.78, 5) is 41.1.